The molecule has 0 radical (unpaired) electrons. The fourth-order valence-electron chi connectivity index (χ4n) is 1.07. The molecule has 5 heteroatoms. The smallest absolute Gasteiger partial charge is 0.156 e. The van der Waals surface area contributed by atoms with Crippen LogP contribution in [0.25, 0.3) is 0 Å². The maximum Gasteiger partial charge on any atom is 0.156 e. The van der Waals surface area contributed by atoms with Gasteiger partial charge in [0, 0.05) is 19.3 Å². The Morgan fingerprint density at radius 1 is 1.47 bits per heavy atom. The maximum absolute atomic E-state index is 5.37. The standard InChI is InChI=1S/C10H16BrN3O/c1-3-5-15-7-9-13-6-8(11)10(14-9)12-4-2/h6H,3-5,7H2,1-2H3,(H,12,13,14). The molecule has 4 nitrogen and oxygen atoms in total. The van der Waals surface area contributed by atoms with E-state index in [4.69, 9.17) is 4.74 Å². The first-order valence-electron chi connectivity index (χ1n) is 5.11. The molecule has 0 unspecified atom stereocenters. The number of hydrogen-bond donors (Lipinski definition) is 1. The van der Waals surface area contributed by atoms with Gasteiger partial charge in [0.25, 0.3) is 0 Å². The summed E-state index contributed by atoms with van der Waals surface area (Å²) in [5.74, 6) is 1.53. The van der Waals surface area contributed by atoms with Crippen molar-refractivity contribution in [1.29, 1.82) is 0 Å². The fourth-order valence-corrected chi connectivity index (χ4v) is 1.40. The summed E-state index contributed by atoms with van der Waals surface area (Å²) in [6.45, 7) is 6.16. The molecule has 0 bridgehead atoms. The van der Waals surface area contributed by atoms with Gasteiger partial charge in [0.05, 0.1) is 4.47 Å². The SMILES string of the molecule is CCCOCc1ncc(Br)c(NCC)n1. The van der Waals surface area contributed by atoms with Gasteiger partial charge in [-0.2, -0.15) is 0 Å². The normalized spacial score (nSPS) is 10.3. The largest absolute Gasteiger partial charge is 0.373 e. The summed E-state index contributed by atoms with van der Waals surface area (Å²) in [4.78, 5) is 8.51. The van der Waals surface area contributed by atoms with E-state index >= 15 is 0 Å². The Hall–Kier alpha value is -0.680. The first-order chi connectivity index (χ1) is 7.27. The molecule has 84 valence electrons. The highest BCUT2D eigenvalue weighted by atomic mass is 79.9. The van der Waals surface area contributed by atoms with E-state index in [2.05, 4.69) is 38.1 Å². The summed E-state index contributed by atoms with van der Waals surface area (Å²) in [6.07, 6.45) is 2.76. The average molecular weight is 274 g/mol. The molecule has 1 aromatic rings. The highest BCUT2D eigenvalue weighted by Gasteiger charge is 2.03. The molecular formula is C10H16BrN3O. The van der Waals surface area contributed by atoms with Gasteiger partial charge in [-0.15, -0.1) is 0 Å². The molecule has 0 saturated carbocycles. The molecule has 1 aromatic heterocycles. The van der Waals surface area contributed by atoms with E-state index in [0.29, 0.717) is 12.4 Å². The summed E-state index contributed by atoms with van der Waals surface area (Å²) < 4.78 is 6.25. The van der Waals surface area contributed by atoms with Gasteiger partial charge in [-0.1, -0.05) is 6.92 Å². The number of hydrogen-bond acceptors (Lipinski definition) is 4. The number of aromatic nitrogens is 2. The molecule has 0 fully saturated rings. The van der Waals surface area contributed by atoms with E-state index in [1.807, 2.05) is 6.92 Å². The zero-order valence-electron chi connectivity index (χ0n) is 9.09. The van der Waals surface area contributed by atoms with Crippen LogP contribution in [-0.2, 0) is 11.3 Å². The summed E-state index contributed by atoms with van der Waals surface area (Å²) in [6, 6.07) is 0. The average Bonchev–Trinajstić information content (AvgIpc) is 2.23. The zero-order valence-corrected chi connectivity index (χ0v) is 10.7. The molecule has 15 heavy (non-hydrogen) atoms. The topological polar surface area (TPSA) is 47.0 Å². The second kappa shape index (κ2) is 6.74. The number of halogens is 1. The van der Waals surface area contributed by atoms with Crippen molar-refractivity contribution in [2.24, 2.45) is 0 Å². The lowest BCUT2D eigenvalue weighted by Crippen LogP contribution is -2.05. The lowest BCUT2D eigenvalue weighted by atomic mass is 10.5. The van der Waals surface area contributed by atoms with Gasteiger partial charge in [0.1, 0.15) is 12.4 Å². The molecule has 0 saturated heterocycles. The van der Waals surface area contributed by atoms with Crippen molar-refractivity contribution in [1.82, 2.24) is 9.97 Å². The third-order valence-electron chi connectivity index (χ3n) is 1.72. The molecule has 1 heterocycles. The third kappa shape index (κ3) is 4.13. The van der Waals surface area contributed by atoms with Gasteiger partial charge in [0.15, 0.2) is 5.82 Å². The summed E-state index contributed by atoms with van der Waals surface area (Å²) in [5.41, 5.74) is 0. The monoisotopic (exact) mass is 273 g/mol. The number of anilines is 1. The number of rotatable bonds is 6. The summed E-state index contributed by atoms with van der Waals surface area (Å²) in [7, 11) is 0. The summed E-state index contributed by atoms with van der Waals surface area (Å²) >= 11 is 3.38. The van der Waals surface area contributed by atoms with Crippen molar-refractivity contribution in [3.63, 3.8) is 0 Å². The minimum Gasteiger partial charge on any atom is -0.373 e. The van der Waals surface area contributed by atoms with Crippen LogP contribution in [0.2, 0.25) is 0 Å². The van der Waals surface area contributed by atoms with Gasteiger partial charge in [-0.25, -0.2) is 9.97 Å². The lowest BCUT2D eigenvalue weighted by Gasteiger charge is -2.07. The van der Waals surface area contributed by atoms with Crippen molar-refractivity contribution in [2.45, 2.75) is 26.9 Å². The van der Waals surface area contributed by atoms with Crippen LogP contribution in [0.3, 0.4) is 0 Å². The molecule has 0 aliphatic heterocycles. The number of nitrogens with one attached hydrogen (secondary N) is 1. The second-order valence-electron chi connectivity index (χ2n) is 3.07. The van der Waals surface area contributed by atoms with Gasteiger partial charge < -0.3 is 10.1 Å². The Balaban J connectivity index is 2.61. The molecule has 0 atom stereocenters. The van der Waals surface area contributed by atoms with Crippen molar-refractivity contribution in [3.05, 3.63) is 16.5 Å². The van der Waals surface area contributed by atoms with E-state index in [9.17, 15) is 0 Å². The fraction of sp³-hybridized carbons (Fsp3) is 0.600. The molecule has 1 N–H and O–H groups in total. The Morgan fingerprint density at radius 2 is 2.27 bits per heavy atom. The van der Waals surface area contributed by atoms with E-state index in [1.165, 1.54) is 0 Å². The third-order valence-corrected chi connectivity index (χ3v) is 2.30. The van der Waals surface area contributed by atoms with E-state index in [0.717, 1.165) is 29.9 Å². The van der Waals surface area contributed by atoms with Gasteiger partial charge in [-0.05, 0) is 29.3 Å². The number of nitrogens with zero attached hydrogens (tertiary/aromatic N) is 2. The van der Waals surface area contributed by atoms with Crippen LogP contribution < -0.4 is 5.32 Å². The maximum atomic E-state index is 5.37. The lowest BCUT2D eigenvalue weighted by molar-refractivity contribution is 0.116. The van der Waals surface area contributed by atoms with E-state index < -0.39 is 0 Å². The summed E-state index contributed by atoms with van der Waals surface area (Å²) in [5, 5.41) is 3.15. The van der Waals surface area contributed by atoms with Gasteiger partial charge in [0.2, 0.25) is 0 Å². The van der Waals surface area contributed by atoms with Crippen molar-refractivity contribution < 1.29 is 4.74 Å². The highest BCUT2D eigenvalue weighted by Crippen LogP contribution is 2.18. The zero-order chi connectivity index (χ0) is 11.1. The predicted octanol–water partition coefficient (Wildman–Crippen LogP) is 2.60. The van der Waals surface area contributed by atoms with Crippen molar-refractivity contribution >= 4 is 21.7 Å². The van der Waals surface area contributed by atoms with E-state index in [1.54, 1.807) is 6.20 Å². The van der Waals surface area contributed by atoms with Crippen LogP contribution in [0.5, 0.6) is 0 Å². The van der Waals surface area contributed by atoms with Crippen LogP contribution >= 0.6 is 15.9 Å². The molecule has 0 aromatic carbocycles. The Kier molecular flexibility index (Phi) is 5.57. The highest BCUT2D eigenvalue weighted by molar-refractivity contribution is 9.10. The van der Waals surface area contributed by atoms with Crippen LogP contribution in [-0.4, -0.2) is 23.1 Å². The van der Waals surface area contributed by atoms with Crippen LogP contribution in [0.4, 0.5) is 5.82 Å². The number of ether oxygens (including phenoxy) is 1. The molecule has 0 amide bonds. The Labute approximate surface area is 98.6 Å². The molecule has 0 aliphatic carbocycles. The van der Waals surface area contributed by atoms with Crippen molar-refractivity contribution in [2.75, 3.05) is 18.5 Å². The first-order valence-corrected chi connectivity index (χ1v) is 5.90. The minimum atomic E-state index is 0.472. The Morgan fingerprint density at radius 3 is 2.93 bits per heavy atom. The van der Waals surface area contributed by atoms with E-state index in [-0.39, 0.29) is 0 Å². The van der Waals surface area contributed by atoms with Crippen molar-refractivity contribution in [3.8, 4) is 0 Å². The predicted molar refractivity (Wildman–Crippen MR) is 63.8 cm³/mol. The second-order valence-corrected chi connectivity index (χ2v) is 3.92. The van der Waals surface area contributed by atoms with Crippen LogP contribution in [0.1, 0.15) is 26.1 Å². The van der Waals surface area contributed by atoms with Crippen LogP contribution in [0.15, 0.2) is 10.7 Å². The first kappa shape index (κ1) is 12.4. The molecule has 1 rings (SSSR count). The van der Waals surface area contributed by atoms with Gasteiger partial charge in [-0.3, -0.25) is 0 Å². The minimum absolute atomic E-state index is 0.472. The quantitative estimate of drug-likeness (QED) is 0.810. The van der Waals surface area contributed by atoms with Gasteiger partial charge >= 0.3 is 0 Å². The molecular weight excluding hydrogens is 258 g/mol. The molecule has 0 aliphatic rings. The van der Waals surface area contributed by atoms with Crippen LogP contribution in [0, 0.1) is 0 Å². The molecule has 0 spiro atoms. The Bertz CT molecular complexity index is 307.